The van der Waals surface area contributed by atoms with Crippen LogP contribution in [0.5, 0.6) is 0 Å². The Bertz CT molecular complexity index is 261. The molecule has 2 saturated heterocycles. The van der Waals surface area contributed by atoms with Gasteiger partial charge in [-0.05, 0) is 19.3 Å². The Morgan fingerprint density at radius 1 is 1.44 bits per heavy atom. The molecule has 0 saturated carbocycles. The molecule has 2 rings (SSSR count). The molecule has 5 nitrogen and oxygen atoms in total. The smallest absolute Gasteiger partial charge is 0.317 e. The van der Waals surface area contributed by atoms with Crippen molar-refractivity contribution < 1.29 is 19.7 Å². The summed E-state index contributed by atoms with van der Waals surface area (Å²) >= 11 is 0. The van der Waals surface area contributed by atoms with E-state index in [1.807, 2.05) is 4.90 Å². The van der Waals surface area contributed by atoms with Crippen molar-refractivity contribution in [1.82, 2.24) is 4.90 Å². The Morgan fingerprint density at radius 3 is 2.69 bits per heavy atom. The first-order valence-corrected chi connectivity index (χ1v) is 5.86. The number of rotatable bonds is 2. The molecule has 0 amide bonds. The minimum atomic E-state index is -0.777. The molecule has 2 aliphatic heterocycles. The molecule has 0 aromatic carbocycles. The van der Waals surface area contributed by atoms with Gasteiger partial charge < -0.3 is 14.9 Å². The topological polar surface area (TPSA) is 70.0 Å². The second-order valence-corrected chi connectivity index (χ2v) is 4.85. The number of carboxylic acids is 1. The molecule has 2 fully saturated rings. The van der Waals surface area contributed by atoms with Crippen LogP contribution in [0.25, 0.3) is 0 Å². The molecule has 5 heteroatoms. The number of aliphatic hydroxyl groups excluding tert-OH is 1. The highest BCUT2D eigenvalue weighted by atomic mass is 16.5. The van der Waals surface area contributed by atoms with Gasteiger partial charge >= 0.3 is 5.97 Å². The van der Waals surface area contributed by atoms with Crippen LogP contribution in [0.2, 0.25) is 0 Å². The first kappa shape index (κ1) is 11.8. The van der Waals surface area contributed by atoms with E-state index in [2.05, 4.69) is 0 Å². The van der Waals surface area contributed by atoms with Crippen molar-refractivity contribution in [3.05, 3.63) is 0 Å². The first-order valence-electron chi connectivity index (χ1n) is 5.86. The van der Waals surface area contributed by atoms with Gasteiger partial charge in [-0.15, -0.1) is 0 Å². The molecule has 0 aromatic rings. The molecule has 92 valence electrons. The number of aliphatic carboxylic acids is 1. The van der Waals surface area contributed by atoms with Crippen LogP contribution in [0.4, 0.5) is 0 Å². The number of ether oxygens (including phenoxy) is 1. The molecule has 1 atom stereocenters. The van der Waals surface area contributed by atoms with Crippen molar-refractivity contribution in [2.24, 2.45) is 0 Å². The Hall–Kier alpha value is -0.650. The van der Waals surface area contributed by atoms with Crippen molar-refractivity contribution in [3.63, 3.8) is 0 Å². The van der Waals surface area contributed by atoms with Gasteiger partial charge in [0, 0.05) is 26.1 Å². The highest BCUT2D eigenvalue weighted by Crippen LogP contribution is 2.34. The SMILES string of the molecule is O=C(O)CN1CCC2(CC1)C[C@@H](O)CCO2. The van der Waals surface area contributed by atoms with E-state index in [0.717, 1.165) is 32.4 Å². The normalized spacial score (nSPS) is 30.4. The predicted molar refractivity (Wildman–Crippen MR) is 57.2 cm³/mol. The summed E-state index contributed by atoms with van der Waals surface area (Å²) in [6.45, 7) is 2.23. The maximum absolute atomic E-state index is 10.6. The van der Waals surface area contributed by atoms with Gasteiger partial charge in [-0.3, -0.25) is 9.69 Å². The summed E-state index contributed by atoms with van der Waals surface area (Å²) in [5, 5.41) is 18.3. The lowest BCUT2D eigenvalue weighted by Crippen LogP contribution is -2.51. The maximum Gasteiger partial charge on any atom is 0.317 e. The molecular formula is C11H19NO4. The third-order valence-corrected chi connectivity index (χ3v) is 3.59. The number of hydrogen-bond donors (Lipinski definition) is 2. The van der Waals surface area contributed by atoms with Crippen LogP contribution in [0.3, 0.4) is 0 Å². The average molecular weight is 229 g/mol. The van der Waals surface area contributed by atoms with Gasteiger partial charge in [0.1, 0.15) is 0 Å². The lowest BCUT2D eigenvalue weighted by molar-refractivity contribution is -0.150. The Morgan fingerprint density at radius 2 is 2.12 bits per heavy atom. The van der Waals surface area contributed by atoms with E-state index >= 15 is 0 Å². The fourth-order valence-corrected chi connectivity index (χ4v) is 2.66. The van der Waals surface area contributed by atoms with Crippen molar-refractivity contribution in [2.75, 3.05) is 26.2 Å². The monoisotopic (exact) mass is 229 g/mol. The van der Waals surface area contributed by atoms with Gasteiger partial charge in [-0.1, -0.05) is 0 Å². The molecule has 1 spiro atoms. The van der Waals surface area contributed by atoms with E-state index in [0.29, 0.717) is 13.0 Å². The summed E-state index contributed by atoms with van der Waals surface area (Å²) in [6.07, 6.45) is 2.84. The predicted octanol–water partition coefficient (Wildman–Crippen LogP) is 0.0769. The van der Waals surface area contributed by atoms with Crippen LogP contribution in [0.15, 0.2) is 0 Å². The standard InChI is InChI=1S/C11H19NO4/c13-9-1-6-16-11(7-9)2-4-12(5-3-11)8-10(14)15/h9,13H,1-8H2,(H,14,15)/t9-/m0/s1. The second-order valence-electron chi connectivity index (χ2n) is 4.85. The van der Waals surface area contributed by atoms with Crippen LogP contribution in [-0.4, -0.2) is 59.0 Å². The van der Waals surface area contributed by atoms with Crippen molar-refractivity contribution in [3.8, 4) is 0 Å². The van der Waals surface area contributed by atoms with Crippen LogP contribution in [-0.2, 0) is 9.53 Å². The van der Waals surface area contributed by atoms with E-state index < -0.39 is 5.97 Å². The largest absolute Gasteiger partial charge is 0.480 e. The molecule has 0 unspecified atom stereocenters. The van der Waals surface area contributed by atoms with Crippen LogP contribution in [0, 0.1) is 0 Å². The number of carbonyl (C=O) groups is 1. The van der Waals surface area contributed by atoms with Crippen molar-refractivity contribution in [2.45, 2.75) is 37.4 Å². The minimum absolute atomic E-state index is 0.110. The number of carboxylic acid groups (broad SMARTS) is 1. The fraction of sp³-hybridized carbons (Fsp3) is 0.909. The number of likely N-dealkylation sites (tertiary alicyclic amines) is 1. The molecule has 2 heterocycles. The number of piperidine rings is 1. The number of aliphatic hydroxyl groups is 1. The molecule has 0 radical (unpaired) electrons. The molecule has 2 aliphatic rings. The Balaban J connectivity index is 1.86. The zero-order valence-corrected chi connectivity index (χ0v) is 9.39. The van der Waals surface area contributed by atoms with Gasteiger partial charge in [0.2, 0.25) is 0 Å². The third kappa shape index (κ3) is 2.72. The Kier molecular flexibility index (Phi) is 3.47. The summed E-state index contributed by atoms with van der Waals surface area (Å²) in [7, 11) is 0. The molecular weight excluding hydrogens is 210 g/mol. The van der Waals surface area contributed by atoms with Gasteiger partial charge in [0.05, 0.1) is 18.2 Å². The molecule has 0 bridgehead atoms. The quantitative estimate of drug-likeness (QED) is 0.701. The van der Waals surface area contributed by atoms with Gasteiger partial charge in [0.25, 0.3) is 0 Å². The van der Waals surface area contributed by atoms with E-state index in [9.17, 15) is 9.90 Å². The summed E-state index contributed by atoms with van der Waals surface area (Å²) in [4.78, 5) is 12.5. The van der Waals surface area contributed by atoms with Crippen molar-refractivity contribution >= 4 is 5.97 Å². The van der Waals surface area contributed by atoms with E-state index in [1.165, 1.54) is 0 Å². The summed E-state index contributed by atoms with van der Waals surface area (Å²) in [5.74, 6) is -0.777. The Labute approximate surface area is 95.0 Å². The number of nitrogens with zero attached hydrogens (tertiary/aromatic N) is 1. The molecule has 16 heavy (non-hydrogen) atoms. The van der Waals surface area contributed by atoms with Gasteiger partial charge in [0.15, 0.2) is 0 Å². The molecule has 0 aliphatic carbocycles. The summed E-state index contributed by atoms with van der Waals surface area (Å²) in [6, 6.07) is 0. The lowest BCUT2D eigenvalue weighted by Gasteiger charge is -2.44. The zero-order chi connectivity index (χ0) is 11.6. The number of hydrogen-bond acceptors (Lipinski definition) is 4. The highest BCUT2D eigenvalue weighted by Gasteiger charge is 2.39. The molecule has 0 aromatic heterocycles. The summed E-state index contributed by atoms with van der Waals surface area (Å²) < 4.78 is 5.80. The summed E-state index contributed by atoms with van der Waals surface area (Å²) in [5.41, 5.74) is -0.188. The third-order valence-electron chi connectivity index (χ3n) is 3.59. The zero-order valence-electron chi connectivity index (χ0n) is 9.39. The highest BCUT2D eigenvalue weighted by molar-refractivity contribution is 5.69. The van der Waals surface area contributed by atoms with Gasteiger partial charge in [-0.25, -0.2) is 0 Å². The lowest BCUT2D eigenvalue weighted by atomic mass is 9.83. The van der Waals surface area contributed by atoms with E-state index in [-0.39, 0.29) is 18.2 Å². The van der Waals surface area contributed by atoms with Crippen LogP contribution >= 0.6 is 0 Å². The fourth-order valence-electron chi connectivity index (χ4n) is 2.66. The first-order chi connectivity index (χ1) is 7.60. The minimum Gasteiger partial charge on any atom is -0.480 e. The maximum atomic E-state index is 10.6. The van der Waals surface area contributed by atoms with Gasteiger partial charge in [-0.2, -0.15) is 0 Å². The van der Waals surface area contributed by atoms with Crippen LogP contribution < -0.4 is 0 Å². The molecule has 2 N–H and O–H groups in total. The average Bonchev–Trinajstić information content (AvgIpc) is 2.21. The van der Waals surface area contributed by atoms with E-state index in [1.54, 1.807) is 0 Å². The van der Waals surface area contributed by atoms with Crippen molar-refractivity contribution in [1.29, 1.82) is 0 Å². The van der Waals surface area contributed by atoms with E-state index in [4.69, 9.17) is 9.84 Å². The second kappa shape index (κ2) is 4.69. The van der Waals surface area contributed by atoms with Crippen LogP contribution in [0.1, 0.15) is 25.7 Å².